The zero-order valence-corrected chi connectivity index (χ0v) is 14.9. The van der Waals surface area contributed by atoms with E-state index in [1.807, 2.05) is 6.92 Å². The molecular weight excluding hydrogens is 336 g/mol. The molecule has 0 spiro atoms. The summed E-state index contributed by atoms with van der Waals surface area (Å²) < 4.78 is 10.5. The summed E-state index contributed by atoms with van der Waals surface area (Å²) >= 11 is 0. The minimum atomic E-state index is -0.415. The number of aryl methyl sites for hydroxylation is 1. The van der Waals surface area contributed by atoms with E-state index in [1.54, 1.807) is 31.3 Å². The summed E-state index contributed by atoms with van der Waals surface area (Å²) in [6.45, 7) is 2.76. The molecule has 2 amide bonds. The van der Waals surface area contributed by atoms with Crippen molar-refractivity contribution in [3.63, 3.8) is 0 Å². The Morgan fingerprint density at radius 3 is 2.92 bits per heavy atom. The van der Waals surface area contributed by atoms with Crippen LogP contribution in [0.5, 0.6) is 0 Å². The smallest absolute Gasteiger partial charge is 0.254 e. The number of ether oxygens (including phenoxy) is 1. The number of nitrogens with zero attached hydrogens (tertiary/aromatic N) is 3. The van der Waals surface area contributed by atoms with Crippen molar-refractivity contribution >= 4 is 17.5 Å². The maximum Gasteiger partial charge on any atom is 0.254 e. The Kier molecular flexibility index (Phi) is 5.62. The second-order valence-corrected chi connectivity index (χ2v) is 6.19. The van der Waals surface area contributed by atoms with Crippen molar-refractivity contribution in [2.75, 3.05) is 19.0 Å². The van der Waals surface area contributed by atoms with Crippen LogP contribution < -0.4 is 5.32 Å². The van der Waals surface area contributed by atoms with Gasteiger partial charge in [-0.15, -0.1) is 0 Å². The molecule has 0 bridgehead atoms. The Bertz CT molecular complexity index is 783. The van der Waals surface area contributed by atoms with Crippen molar-refractivity contribution < 1.29 is 18.8 Å². The van der Waals surface area contributed by atoms with Gasteiger partial charge in [0.05, 0.1) is 6.54 Å². The highest BCUT2D eigenvalue weighted by molar-refractivity contribution is 5.98. The van der Waals surface area contributed by atoms with Gasteiger partial charge in [-0.1, -0.05) is 18.1 Å². The van der Waals surface area contributed by atoms with Gasteiger partial charge < -0.3 is 19.5 Å². The second-order valence-electron chi connectivity index (χ2n) is 6.19. The lowest BCUT2D eigenvalue weighted by atomic mass is 10.1. The highest BCUT2D eigenvalue weighted by Gasteiger charge is 2.24. The number of carbonyl (C=O) groups excluding carboxylic acids is 2. The zero-order valence-electron chi connectivity index (χ0n) is 14.9. The lowest BCUT2D eigenvalue weighted by Crippen LogP contribution is -2.28. The minimum absolute atomic E-state index is 0.182. The van der Waals surface area contributed by atoms with Gasteiger partial charge in [0.1, 0.15) is 6.10 Å². The first kappa shape index (κ1) is 18.1. The Morgan fingerprint density at radius 1 is 1.38 bits per heavy atom. The number of rotatable bonds is 6. The number of carbonyl (C=O) groups is 2. The molecule has 1 unspecified atom stereocenters. The SMILES string of the molecule is CCc1noc(CN(C)C(=O)c2cccc(NC(=O)C3CCCO3)c2)n1. The fourth-order valence-corrected chi connectivity index (χ4v) is 2.73. The lowest BCUT2D eigenvalue weighted by molar-refractivity contribution is -0.124. The normalized spacial score (nSPS) is 16.5. The first-order chi connectivity index (χ1) is 12.6. The van der Waals surface area contributed by atoms with E-state index in [9.17, 15) is 9.59 Å². The molecule has 1 aliphatic heterocycles. The second kappa shape index (κ2) is 8.09. The van der Waals surface area contributed by atoms with Crippen LogP contribution in [0.2, 0.25) is 0 Å². The molecule has 26 heavy (non-hydrogen) atoms. The first-order valence-corrected chi connectivity index (χ1v) is 8.66. The van der Waals surface area contributed by atoms with E-state index < -0.39 is 6.10 Å². The molecule has 0 aliphatic carbocycles. The number of hydrogen-bond donors (Lipinski definition) is 1. The zero-order chi connectivity index (χ0) is 18.5. The summed E-state index contributed by atoms with van der Waals surface area (Å²) in [5, 5.41) is 6.62. The largest absolute Gasteiger partial charge is 0.368 e. The van der Waals surface area contributed by atoms with Crippen LogP contribution in [0.4, 0.5) is 5.69 Å². The molecule has 8 nitrogen and oxygen atoms in total. The van der Waals surface area contributed by atoms with E-state index in [2.05, 4.69) is 15.5 Å². The molecule has 3 rings (SSSR count). The van der Waals surface area contributed by atoms with E-state index in [-0.39, 0.29) is 18.4 Å². The summed E-state index contributed by atoms with van der Waals surface area (Å²) in [5.74, 6) is 0.619. The van der Waals surface area contributed by atoms with E-state index >= 15 is 0 Å². The third-order valence-corrected chi connectivity index (χ3v) is 4.14. The van der Waals surface area contributed by atoms with Crippen LogP contribution in [0, 0.1) is 0 Å². The molecule has 0 saturated carbocycles. The van der Waals surface area contributed by atoms with Crippen LogP contribution in [0.1, 0.15) is 41.8 Å². The first-order valence-electron chi connectivity index (χ1n) is 8.66. The molecule has 1 fully saturated rings. The summed E-state index contributed by atoms with van der Waals surface area (Å²) in [4.78, 5) is 30.5. The van der Waals surface area contributed by atoms with Crippen LogP contribution in [0.3, 0.4) is 0 Å². The summed E-state index contributed by atoms with van der Waals surface area (Å²) in [6, 6.07) is 6.83. The average Bonchev–Trinajstić information content (AvgIpc) is 3.33. The van der Waals surface area contributed by atoms with Gasteiger partial charge in [-0.3, -0.25) is 9.59 Å². The highest BCUT2D eigenvalue weighted by Crippen LogP contribution is 2.17. The lowest BCUT2D eigenvalue weighted by Gasteiger charge is -2.16. The Labute approximate surface area is 151 Å². The fourth-order valence-electron chi connectivity index (χ4n) is 2.73. The number of hydrogen-bond acceptors (Lipinski definition) is 6. The van der Waals surface area contributed by atoms with E-state index in [0.29, 0.717) is 36.0 Å². The van der Waals surface area contributed by atoms with E-state index in [0.717, 1.165) is 12.8 Å². The van der Waals surface area contributed by atoms with E-state index in [4.69, 9.17) is 9.26 Å². The Hall–Kier alpha value is -2.74. The van der Waals surface area contributed by atoms with Gasteiger partial charge >= 0.3 is 0 Å². The van der Waals surface area contributed by atoms with Gasteiger partial charge in [0.15, 0.2) is 5.82 Å². The van der Waals surface area contributed by atoms with Gasteiger partial charge in [-0.05, 0) is 31.0 Å². The van der Waals surface area contributed by atoms with Crippen molar-refractivity contribution in [3.8, 4) is 0 Å². The maximum absolute atomic E-state index is 12.6. The predicted octanol–water partition coefficient (Wildman–Crippen LogP) is 2.02. The topological polar surface area (TPSA) is 97.6 Å². The molecule has 2 aromatic rings. The molecule has 1 saturated heterocycles. The number of amides is 2. The van der Waals surface area contributed by atoms with Gasteiger partial charge in [0.25, 0.3) is 11.8 Å². The van der Waals surface area contributed by atoms with Gasteiger partial charge in [0.2, 0.25) is 5.89 Å². The predicted molar refractivity (Wildman–Crippen MR) is 93.5 cm³/mol. The van der Waals surface area contributed by atoms with Gasteiger partial charge in [0, 0.05) is 31.3 Å². The molecule has 1 atom stereocenters. The fraction of sp³-hybridized carbons (Fsp3) is 0.444. The maximum atomic E-state index is 12.6. The molecule has 1 aromatic heterocycles. The Balaban J connectivity index is 1.64. The highest BCUT2D eigenvalue weighted by atomic mass is 16.5. The molecule has 8 heteroatoms. The quantitative estimate of drug-likeness (QED) is 0.848. The summed E-state index contributed by atoms with van der Waals surface area (Å²) in [5.41, 5.74) is 1.03. The van der Waals surface area contributed by atoms with Crippen LogP contribution in [-0.2, 0) is 22.5 Å². The van der Waals surface area contributed by atoms with Crippen molar-refractivity contribution in [1.29, 1.82) is 0 Å². The number of anilines is 1. The van der Waals surface area contributed by atoms with Crippen molar-refractivity contribution in [3.05, 3.63) is 41.5 Å². The van der Waals surface area contributed by atoms with Crippen LogP contribution in [0.25, 0.3) is 0 Å². The van der Waals surface area contributed by atoms with Crippen molar-refractivity contribution in [2.45, 2.75) is 38.8 Å². The van der Waals surface area contributed by atoms with E-state index in [1.165, 1.54) is 4.90 Å². The molecule has 1 aromatic carbocycles. The van der Waals surface area contributed by atoms with Crippen molar-refractivity contribution in [2.24, 2.45) is 0 Å². The molecule has 0 radical (unpaired) electrons. The third-order valence-electron chi connectivity index (χ3n) is 4.14. The molecule has 1 aliphatic rings. The van der Waals surface area contributed by atoms with Gasteiger partial charge in [-0.2, -0.15) is 4.98 Å². The molecule has 1 N–H and O–H groups in total. The number of benzene rings is 1. The number of aromatic nitrogens is 2. The van der Waals surface area contributed by atoms with Crippen LogP contribution in [-0.4, -0.2) is 46.6 Å². The van der Waals surface area contributed by atoms with Crippen LogP contribution >= 0.6 is 0 Å². The number of nitrogens with one attached hydrogen (secondary N) is 1. The minimum Gasteiger partial charge on any atom is -0.368 e. The van der Waals surface area contributed by atoms with Crippen molar-refractivity contribution in [1.82, 2.24) is 15.0 Å². The molecular formula is C18H22N4O4. The third kappa shape index (κ3) is 4.26. The summed E-state index contributed by atoms with van der Waals surface area (Å²) in [6.07, 6.45) is 1.86. The molecule has 2 heterocycles. The van der Waals surface area contributed by atoms with Gasteiger partial charge in [-0.25, -0.2) is 0 Å². The molecule has 138 valence electrons. The summed E-state index contributed by atoms with van der Waals surface area (Å²) in [7, 11) is 1.66. The Morgan fingerprint density at radius 2 is 2.23 bits per heavy atom. The average molecular weight is 358 g/mol. The monoisotopic (exact) mass is 358 g/mol. The standard InChI is InChI=1S/C18H22N4O4/c1-3-15-20-16(26-21-15)11-22(2)18(24)12-6-4-7-13(10-12)19-17(23)14-8-5-9-25-14/h4,6-7,10,14H,3,5,8-9,11H2,1-2H3,(H,19,23). The van der Waals surface area contributed by atoms with Crippen LogP contribution in [0.15, 0.2) is 28.8 Å².